The second-order valence-corrected chi connectivity index (χ2v) is 9.26. The summed E-state index contributed by atoms with van der Waals surface area (Å²) < 4.78 is 12.6. The maximum atomic E-state index is 6.29. The molecule has 2 aliphatic heterocycles. The lowest BCUT2D eigenvalue weighted by atomic mass is 9.76. The third-order valence-electron chi connectivity index (χ3n) is 6.04. The number of hydrogen-bond acceptors (Lipinski definition) is 4. The average Bonchev–Trinajstić information content (AvgIpc) is 2.77. The van der Waals surface area contributed by atoms with Crippen molar-refractivity contribution in [2.75, 3.05) is 32.7 Å². The Labute approximate surface area is 160 Å². The number of piperazine rings is 1. The molecule has 5 heteroatoms. The molecule has 0 N–H and O–H groups in total. The van der Waals surface area contributed by atoms with Crippen LogP contribution in [0.15, 0.2) is 24.3 Å². The summed E-state index contributed by atoms with van der Waals surface area (Å²) >= 11 is 0. The SMILES string of the molecule is CC(C)CN1CCN(Cc2ccccc2B2OC(C)(C)C(C)(C)O2)CC1. The molecule has 0 amide bonds. The van der Waals surface area contributed by atoms with Gasteiger partial charge in [-0.3, -0.25) is 4.90 Å². The Kier molecular flexibility index (Phi) is 5.83. The van der Waals surface area contributed by atoms with Gasteiger partial charge in [0, 0.05) is 39.3 Å². The molecule has 4 nitrogen and oxygen atoms in total. The second-order valence-electron chi connectivity index (χ2n) is 9.26. The van der Waals surface area contributed by atoms with Gasteiger partial charge in [0.1, 0.15) is 0 Å². The summed E-state index contributed by atoms with van der Waals surface area (Å²) in [5.41, 5.74) is 1.90. The maximum Gasteiger partial charge on any atom is 0.495 e. The zero-order valence-corrected chi connectivity index (χ0v) is 17.4. The van der Waals surface area contributed by atoms with Crippen molar-refractivity contribution in [1.29, 1.82) is 0 Å². The molecule has 0 atom stereocenters. The van der Waals surface area contributed by atoms with Crippen molar-refractivity contribution in [3.63, 3.8) is 0 Å². The summed E-state index contributed by atoms with van der Waals surface area (Å²) in [6.45, 7) is 19.8. The lowest BCUT2D eigenvalue weighted by Gasteiger charge is -2.35. The second kappa shape index (κ2) is 7.63. The maximum absolute atomic E-state index is 6.29. The molecule has 26 heavy (non-hydrogen) atoms. The fourth-order valence-electron chi connectivity index (χ4n) is 3.77. The zero-order chi connectivity index (χ0) is 18.9. The molecule has 0 spiro atoms. The third-order valence-corrected chi connectivity index (χ3v) is 6.04. The van der Waals surface area contributed by atoms with E-state index in [1.807, 2.05) is 0 Å². The van der Waals surface area contributed by atoms with E-state index in [0.29, 0.717) is 0 Å². The highest BCUT2D eigenvalue weighted by molar-refractivity contribution is 6.62. The first-order valence-corrected chi connectivity index (χ1v) is 10.1. The Hall–Kier alpha value is -0.875. The van der Waals surface area contributed by atoms with E-state index in [2.05, 4.69) is 75.6 Å². The van der Waals surface area contributed by atoms with Crippen LogP contribution in [0.2, 0.25) is 0 Å². The van der Waals surface area contributed by atoms with Crippen LogP contribution in [0, 0.1) is 5.92 Å². The van der Waals surface area contributed by atoms with Crippen molar-refractivity contribution in [1.82, 2.24) is 9.80 Å². The molecule has 0 aromatic heterocycles. The standard InChI is InChI=1S/C21H35BN2O2/c1-17(2)15-23-11-13-24(14-12-23)16-18-9-7-8-10-19(18)22-25-20(3,4)21(5,6)26-22/h7-10,17H,11-16H2,1-6H3. The zero-order valence-electron chi connectivity index (χ0n) is 17.4. The lowest BCUT2D eigenvalue weighted by Crippen LogP contribution is -2.48. The van der Waals surface area contributed by atoms with Crippen LogP contribution in [0.3, 0.4) is 0 Å². The molecule has 1 aromatic carbocycles. The molecule has 0 aliphatic carbocycles. The van der Waals surface area contributed by atoms with E-state index >= 15 is 0 Å². The van der Waals surface area contributed by atoms with E-state index in [9.17, 15) is 0 Å². The van der Waals surface area contributed by atoms with Gasteiger partial charge in [-0.1, -0.05) is 38.1 Å². The van der Waals surface area contributed by atoms with Gasteiger partial charge in [0.2, 0.25) is 0 Å². The summed E-state index contributed by atoms with van der Waals surface area (Å²) in [4.78, 5) is 5.14. The third kappa shape index (κ3) is 4.33. The quantitative estimate of drug-likeness (QED) is 0.756. The van der Waals surface area contributed by atoms with E-state index in [1.54, 1.807) is 0 Å². The molecular weight excluding hydrogens is 323 g/mol. The first-order valence-electron chi connectivity index (χ1n) is 10.1. The van der Waals surface area contributed by atoms with Gasteiger partial charge in [-0.25, -0.2) is 0 Å². The van der Waals surface area contributed by atoms with Gasteiger partial charge in [0.15, 0.2) is 0 Å². The van der Waals surface area contributed by atoms with Crippen LogP contribution < -0.4 is 5.46 Å². The molecule has 2 aliphatic rings. The normalized spacial score (nSPS) is 23.7. The molecule has 2 heterocycles. The molecule has 0 unspecified atom stereocenters. The Bertz CT molecular complexity index is 594. The Morgan fingerprint density at radius 3 is 2.04 bits per heavy atom. The van der Waals surface area contributed by atoms with Gasteiger partial charge in [0.05, 0.1) is 11.2 Å². The fraction of sp³-hybridized carbons (Fsp3) is 0.714. The highest BCUT2D eigenvalue weighted by atomic mass is 16.7. The van der Waals surface area contributed by atoms with Crippen LogP contribution in [0.1, 0.15) is 47.1 Å². The van der Waals surface area contributed by atoms with Crippen LogP contribution in [-0.2, 0) is 15.9 Å². The molecule has 2 fully saturated rings. The number of hydrogen-bond donors (Lipinski definition) is 0. The van der Waals surface area contributed by atoms with E-state index < -0.39 is 0 Å². The van der Waals surface area contributed by atoms with Crippen LogP contribution in [0.5, 0.6) is 0 Å². The molecular formula is C21H35BN2O2. The number of nitrogens with zero attached hydrogens (tertiary/aromatic N) is 2. The summed E-state index contributed by atoms with van der Waals surface area (Å²) in [6.07, 6.45) is 0. The Balaban J connectivity index is 1.66. The fourth-order valence-corrected chi connectivity index (χ4v) is 3.77. The predicted molar refractivity (Wildman–Crippen MR) is 109 cm³/mol. The van der Waals surface area contributed by atoms with E-state index in [1.165, 1.54) is 17.6 Å². The van der Waals surface area contributed by atoms with Gasteiger partial charge >= 0.3 is 7.12 Å². The largest absolute Gasteiger partial charge is 0.495 e. The van der Waals surface area contributed by atoms with Crippen molar-refractivity contribution in [3.05, 3.63) is 29.8 Å². The molecule has 0 radical (unpaired) electrons. The minimum absolute atomic E-state index is 0.279. The average molecular weight is 358 g/mol. The first-order chi connectivity index (χ1) is 12.2. The predicted octanol–water partition coefficient (Wildman–Crippen LogP) is 2.76. The molecule has 144 valence electrons. The lowest BCUT2D eigenvalue weighted by molar-refractivity contribution is 0.00578. The smallest absolute Gasteiger partial charge is 0.399 e. The molecule has 1 aromatic rings. The van der Waals surface area contributed by atoms with Crippen LogP contribution >= 0.6 is 0 Å². The Morgan fingerprint density at radius 2 is 1.46 bits per heavy atom. The van der Waals surface area contributed by atoms with Crippen molar-refractivity contribution in [3.8, 4) is 0 Å². The van der Waals surface area contributed by atoms with E-state index in [0.717, 1.165) is 38.6 Å². The van der Waals surface area contributed by atoms with Gasteiger partial charge in [-0.2, -0.15) is 0 Å². The minimum atomic E-state index is -0.298. The van der Waals surface area contributed by atoms with Crippen molar-refractivity contribution < 1.29 is 9.31 Å². The van der Waals surface area contributed by atoms with Gasteiger partial charge in [-0.05, 0) is 44.6 Å². The molecule has 0 saturated carbocycles. The van der Waals surface area contributed by atoms with Gasteiger partial charge in [0.25, 0.3) is 0 Å². The number of rotatable bonds is 5. The monoisotopic (exact) mass is 358 g/mol. The highest BCUT2D eigenvalue weighted by Crippen LogP contribution is 2.36. The van der Waals surface area contributed by atoms with E-state index in [-0.39, 0.29) is 18.3 Å². The van der Waals surface area contributed by atoms with Crippen molar-refractivity contribution in [2.24, 2.45) is 5.92 Å². The van der Waals surface area contributed by atoms with Crippen LogP contribution in [0.4, 0.5) is 0 Å². The Morgan fingerprint density at radius 1 is 0.923 bits per heavy atom. The van der Waals surface area contributed by atoms with Crippen molar-refractivity contribution >= 4 is 12.6 Å². The van der Waals surface area contributed by atoms with Gasteiger partial charge < -0.3 is 14.2 Å². The van der Waals surface area contributed by atoms with Crippen LogP contribution in [-0.4, -0.2) is 60.8 Å². The topological polar surface area (TPSA) is 24.9 Å². The first kappa shape index (κ1) is 19.9. The van der Waals surface area contributed by atoms with Gasteiger partial charge in [-0.15, -0.1) is 0 Å². The molecule has 0 bridgehead atoms. The summed E-state index contributed by atoms with van der Waals surface area (Å²) in [5, 5.41) is 0. The summed E-state index contributed by atoms with van der Waals surface area (Å²) in [7, 11) is -0.279. The molecule has 2 saturated heterocycles. The summed E-state index contributed by atoms with van der Waals surface area (Å²) in [6, 6.07) is 8.59. The minimum Gasteiger partial charge on any atom is -0.399 e. The van der Waals surface area contributed by atoms with E-state index in [4.69, 9.17) is 9.31 Å². The van der Waals surface area contributed by atoms with Crippen molar-refractivity contribution in [2.45, 2.75) is 59.3 Å². The van der Waals surface area contributed by atoms with Crippen LogP contribution in [0.25, 0.3) is 0 Å². The summed E-state index contributed by atoms with van der Waals surface area (Å²) in [5.74, 6) is 0.741. The number of benzene rings is 1. The molecule has 3 rings (SSSR count). The highest BCUT2D eigenvalue weighted by Gasteiger charge is 2.52.